The third-order valence-corrected chi connectivity index (χ3v) is 4.43. The van der Waals surface area contributed by atoms with Crippen molar-refractivity contribution in [2.45, 2.75) is 4.90 Å². The maximum absolute atomic E-state index is 11.5. The Morgan fingerprint density at radius 3 is 2.16 bits per heavy atom. The second-order valence-corrected chi connectivity index (χ2v) is 6.04. The number of hydrogen-bond donors (Lipinski definition) is 1. The van der Waals surface area contributed by atoms with Gasteiger partial charge in [0.15, 0.2) is 0 Å². The molecule has 0 amide bonds. The van der Waals surface area contributed by atoms with Gasteiger partial charge in [0, 0.05) is 5.39 Å². The lowest BCUT2D eigenvalue weighted by Crippen LogP contribution is -2.00. The summed E-state index contributed by atoms with van der Waals surface area (Å²) in [5.41, 5.74) is 0. The zero-order valence-corrected chi connectivity index (χ0v) is 11.2. The minimum Gasteiger partial charge on any atom is -0.282 e. The number of hydrogen-bond acceptors (Lipinski definition) is 2. The van der Waals surface area contributed by atoms with Gasteiger partial charge in [-0.3, -0.25) is 4.55 Å². The van der Waals surface area contributed by atoms with E-state index in [1.807, 2.05) is 30.3 Å². The van der Waals surface area contributed by atoms with Gasteiger partial charge in [0.05, 0.1) is 5.02 Å². The van der Waals surface area contributed by atoms with Crippen LogP contribution in [0.4, 0.5) is 0 Å². The summed E-state index contributed by atoms with van der Waals surface area (Å²) in [6, 6.07) is 14.4. The topological polar surface area (TPSA) is 54.4 Å². The van der Waals surface area contributed by atoms with Crippen molar-refractivity contribution in [2.24, 2.45) is 0 Å². The molecule has 0 aliphatic heterocycles. The van der Waals surface area contributed by atoms with Crippen molar-refractivity contribution in [3.63, 3.8) is 0 Å². The van der Waals surface area contributed by atoms with Crippen molar-refractivity contribution in [1.29, 1.82) is 0 Å². The highest BCUT2D eigenvalue weighted by atomic mass is 35.5. The molecular formula is C14H9ClO3S. The minimum atomic E-state index is -4.36. The molecule has 5 heteroatoms. The summed E-state index contributed by atoms with van der Waals surface area (Å²) >= 11 is 5.90. The smallest absolute Gasteiger partial charge is 0.282 e. The SMILES string of the molecule is O=S(=O)(O)c1c(Cl)ccc2cc3ccccc3cc12. The molecule has 3 aromatic rings. The first-order chi connectivity index (χ1) is 8.97. The first-order valence-electron chi connectivity index (χ1n) is 5.55. The Kier molecular flexibility index (Phi) is 2.74. The Hall–Kier alpha value is -1.62. The molecule has 0 atom stereocenters. The standard InChI is InChI=1S/C14H9ClO3S/c15-13-6-5-11-7-9-3-1-2-4-10(9)8-12(11)14(13)19(16,17)18/h1-8H,(H,16,17,18). The Morgan fingerprint density at radius 2 is 1.53 bits per heavy atom. The van der Waals surface area contributed by atoms with Crippen LogP contribution in [-0.2, 0) is 10.1 Å². The van der Waals surface area contributed by atoms with Crippen LogP contribution in [0.15, 0.2) is 53.4 Å². The van der Waals surface area contributed by atoms with Crippen LogP contribution < -0.4 is 0 Å². The van der Waals surface area contributed by atoms with Crippen molar-refractivity contribution in [3.8, 4) is 0 Å². The van der Waals surface area contributed by atoms with Gasteiger partial charge in [-0.15, -0.1) is 0 Å². The highest BCUT2D eigenvalue weighted by Gasteiger charge is 2.18. The molecular weight excluding hydrogens is 284 g/mol. The fraction of sp³-hybridized carbons (Fsp3) is 0. The molecule has 0 saturated heterocycles. The van der Waals surface area contributed by atoms with Gasteiger partial charge in [0.25, 0.3) is 10.1 Å². The van der Waals surface area contributed by atoms with Gasteiger partial charge in [-0.05, 0) is 34.4 Å². The van der Waals surface area contributed by atoms with E-state index in [4.69, 9.17) is 11.6 Å². The summed E-state index contributed by atoms with van der Waals surface area (Å²) in [6.07, 6.45) is 0. The van der Waals surface area contributed by atoms with E-state index < -0.39 is 10.1 Å². The summed E-state index contributed by atoms with van der Waals surface area (Å²) < 4.78 is 32.3. The summed E-state index contributed by atoms with van der Waals surface area (Å²) in [4.78, 5) is -0.239. The Labute approximate surface area is 115 Å². The summed E-state index contributed by atoms with van der Waals surface area (Å²) in [6.45, 7) is 0. The minimum absolute atomic E-state index is 0.0188. The van der Waals surface area contributed by atoms with Crippen LogP contribution in [0, 0.1) is 0 Å². The lowest BCUT2D eigenvalue weighted by Gasteiger charge is -2.08. The van der Waals surface area contributed by atoms with Crippen molar-refractivity contribution < 1.29 is 13.0 Å². The van der Waals surface area contributed by atoms with Crippen LogP contribution in [0.5, 0.6) is 0 Å². The summed E-state index contributed by atoms with van der Waals surface area (Å²) in [5, 5.41) is 3.05. The van der Waals surface area contributed by atoms with E-state index in [1.165, 1.54) is 6.07 Å². The van der Waals surface area contributed by atoms with Crippen molar-refractivity contribution in [1.82, 2.24) is 0 Å². The van der Waals surface area contributed by atoms with Crippen LogP contribution >= 0.6 is 11.6 Å². The van der Waals surface area contributed by atoms with E-state index in [0.717, 1.165) is 16.2 Å². The number of benzene rings is 3. The predicted molar refractivity (Wildman–Crippen MR) is 76.3 cm³/mol. The fourth-order valence-corrected chi connectivity index (χ4v) is 3.45. The van der Waals surface area contributed by atoms with Crippen LogP contribution in [0.25, 0.3) is 21.5 Å². The molecule has 0 radical (unpaired) electrons. The first kappa shape index (κ1) is 12.4. The average molecular weight is 293 g/mol. The molecule has 0 unspecified atom stereocenters. The Morgan fingerprint density at radius 1 is 0.895 bits per heavy atom. The normalized spacial score (nSPS) is 12.1. The van der Waals surface area contributed by atoms with E-state index in [-0.39, 0.29) is 9.92 Å². The second-order valence-electron chi connectivity index (χ2n) is 4.27. The van der Waals surface area contributed by atoms with Crippen LogP contribution in [0.3, 0.4) is 0 Å². The van der Waals surface area contributed by atoms with E-state index in [0.29, 0.717) is 5.39 Å². The number of halogens is 1. The van der Waals surface area contributed by atoms with Gasteiger partial charge in [-0.1, -0.05) is 41.9 Å². The predicted octanol–water partition coefficient (Wildman–Crippen LogP) is 3.89. The van der Waals surface area contributed by atoms with Gasteiger partial charge in [0.1, 0.15) is 4.90 Å². The highest BCUT2D eigenvalue weighted by Crippen LogP contribution is 2.32. The highest BCUT2D eigenvalue weighted by molar-refractivity contribution is 7.86. The van der Waals surface area contributed by atoms with Gasteiger partial charge in [-0.25, -0.2) is 0 Å². The molecule has 0 aliphatic rings. The second kappa shape index (κ2) is 4.20. The van der Waals surface area contributed by atoms with Gasteiger partial charge >= 0.3 is 0 Å². The maximum Gasteiger partial charge on any atom is 0.296 e. The summed E-state index contributed by atoms with van der Waals surface area (Å²) in [5.74, 6) is 0. The van der Waals surface area contributed by atoms with E-state index in [1.54, 1.807) is 12.1 Å². The zero-order valence-electron chi connectivity index (χ0n) is 9.67. The van der Waals surface area contributed by atoms with Crippen molar-refractivity contribution in [3.05, 3.63) is 53.6 Å². The molecule has 0 aromatic heterocycles. The number of fused-ring (bicyclic) bond motifs is 2. The summed E-state index contributed by atoms with van der Waals surface area (Å²) in [7, 11) is -4.36. The van der Waals surface area contributed by atoms with Crippen LogP contribution in [0.2, 0.25) is 5.02 Å². The van der Waals surface area contributed by atoms with E-state index >= 15 is 0 Å². The lowest BCUT2D eigenvalue weighted by molar-refractivity contribution is 0.484. The molecule has 0 saturated carbocycles. The molecule has 19 heavy (non-hydrogen) atoms. The molecule has 0 bridgehead atoms. The van der Waals surface area contributed by atoms with Crippen molar-refractivity contribution >= 4 is 43.3 Å². The molecule has 0 heterocycles. The van der Waals surface area contributed by atoms with Gasteiger partial charge < -0.3 is 0 Å². The molecule has 96 valence electrons. The molecule has 0 fully saturated rings. The monoisotopic (exact) mass is 292 g/mol. The largest absolute Gasteiger partial charge is 0.296 e. The molecule has 3 aromatic carbocycles. The first-order valence-corrected chi connectivity index (χ1v) is 7.37. The molecule has 0 aliphatic carbocycles. The third-order valence-electron chi connectivity index (χ3n) is 3.05. The van der Waals surface area contributed by atoms with Crippen LogP contribution in [0.1, 0.15) is 0 Å². The quantitative estimate of drug-likeness (QED) is 0.547. The van der Waals surface area contributed by atoms with Gasteiger partial charge in [-0.2, -0.15) is 8.42 Å². The van der Waals surface area contributed by atoms with E-state index in [2.05, 4.69) is 0 Å². The third kappa shape index (κ3) is 2.08. The van der Waals surface area contributed by atoms with Crippen LogP contribution in [-0.4, -0.2) is 13.0 Å². The fourth-order valence-electron chi connectivity index (χ4n) is 2.22. The lowest BCUT2D eigenvalue weighted by atomic mass is 10.0. The Balaban J connectivity index is 2.55. The van der Waals surface area contributed by atoms with E-state index in [9.17, 15) is 13.0 Å². The molecule has 3 nitrogen and oxygen atoms in total. The number of rotatable bonds is 1. The maximum atomic E-state index is 11.5. The average Bonchev–Trinajstić information content (AvgIpc) is 2.34. The molecule has 0 spiro atoms. The molecule has 3 rings (SSSR count). The van der Waals surface area contributed by atoms with Gasteiger partial charge in [0.2, 0.25) is 0 Å². The molecule has 1 N–H and O–H groups in total. The van der Waals surface area contributed by atoms with Crippen molar-refractivity contribution in [2.75, 3.05) is 0 Å². The zero-order chi connectivity index (χ0) is 13.6. The Bertz CT molecular complexity index is 901.